The number of piperazine rings is 1. The summed E-state index contributed by atoms with van der Waals surface area (Å²) in [6.45, 7) is 5.85. The Kier molecular flexibility index (Phi) is 6.92. The third-order valence-corrected chi connectivity index (χ3v) is 8.36. The number of hydrogen-bond donors (Lipinski definition) is 2. The molecule has 1 saturated heterocycles. The molecule has 0 radical (unpaired) electrons. The van der Waals surface area contributed by atoms with E-state index >= 15 is 0 Å². The summed E-state index contributed by atoms with van der Waals surface area (Å²) in [5, 5.41) is 5.85. The summed E-state index contributed by atoms with van der Waals surface area (Å²) in [6, 6.07) is 6.23. The van der Waals surface area contributed by atoms with Crippen molar-refractivity contribution >= 4 is 33.8 Å². The number of carbonyl (C=O) groups excluding carboxylic acids is 1. The molecule has 0 bridgehead atoms. The van der Waals surface area contributed by atoms with Gasteiger partial charge in [-0.15, -0.1) is 0 Å². The Morgan fingerprint density at radius 1 is 1.05 bits per heavy atom. The number of carbonyl (C=O) groups is 1. The normalized spacial score (nSPS) is 23.1. The predicted molar refractivity (Wildman–Crippen MR) is 147 cm³/mol. The fourth-order valence-electron chi connectivity index (χ4n) is 5.91. The molecule has 3 N–H and O–H groups in total. The lowest BCUT2D eigenvalue weighted by molar-refractivity contribution is 0.0724. The molecule has 1 aliphatic heterocycles. The van der Waals surface area contributed by atoms with Crippen molar-refractivity contribution in [3.63, 3.8) is 0 Å². The molecule has 3 fully saturated rings. The molecule has 3 aliphatic rings. The second-order valence-corrected chi connectivity index (χ2v) is 11.3. The number of fused-ring (bicyclic) bond motifs is 3. The lowest BCUT2D eigenvalue weighted by Crippen LogP contribution is -2.43. The number of rotatable bonds is 7. The van der Waals surface area contributed by atoms with Crippen molar-refractivity contribution in [1.82, 2.24) is 24.3 Å². The van der Waals surface area contributed by atoms with E-state index in [0.717, 1.165) is 55.6 Å². The lowest BCUT2D eigenvalue weighted by atomic mass is 9.92. The van der Waals surface area contributed by atoms with Crippen LogP contribution in [0.15, 0.2) is 29.2 Å². The van der Waals surface area contributed by atoms with E-state index in [9.17, 15) is 9.59 Å². The molecular weight excluding hydrogens is 482 g/mol. The number of anilines is 1. The molecule has 2 saturated carbocycles. The molecule has 0 spiro atoms. The van der Waals surface area contributed by atoms with Gasteiger partial charge < -0.3 is 20.7 Å². The number of benzene rings is 1. The molecule has 6 rings (SSSR count). The van der Waals surface area contributed by atoms with Crippen molar-refractivity contribution in [2.24, 2.45) is 11.7 Å². The van der Waals surface area contributed by atoms with Gasteiger partial charge in [-0.25, -0.2) is 9.78 Å². The minimum atomic E-state index is -0.742. The van der Waals surface area contributed by atoms with Crippen molar-refractivity contribution in [3.05, 3.63) is 40.3 Å². The van der Waals surface area contributed by atoms with E-state index in [1.807, 2.05) is 10.8 Å². The highest BCUT2D eigenvalue weighted by molar-refractivity contribution is 6.04. The number of nitrogens with one attached hydrogen (secondary N) is 1. The van der Waals surface area contributed by atoms with Crippen LogP contribution in [0.3, 0.4) is 0 Å². The van der Waals surface area contributed by atoms with Gasteiger partial charge in [-0.1, -0.05) is 12.1 Å². The van der Waals surface area contributed by atoms with E-state index in [1.165, 1.54) is 12.8 Å². The van der Waals surface area contributed by atoms with Crippen LogP contribution >= 0.6 is 0 Å². The smallest absolute Gasteiger partial charge is 0.404 e. The van der Waals surface area contributed by atoms with Crippen molar-refractivity contribution < 1.29 is 9.53 Å². The minimum absolute atomic E-state index is 0.0150. The third-order valence-electron chi connectivity index (χ3n) is 8.36. The minimum Gasteiger partial charge on any atom is -0.446 e. The second-order valence-electron chi connectivity index (χ2n) is 11.3. The van der Waals surface area contributed by atoms with Gasteiger partial charge >= 0.3 is 6.09 Å². The maximum absolute atomic E-state index is 14.1. The molecule has 3 aromatic rings. The highest BCUT2D eigenvalue weighted by atomic mass is 16.6. The van der Waals surface area contributed by atoms with Crippen LogP contribution < -0.4 is 16.6 Å². The number of nitrogens with two attached hydrogens (primary N) is 1. The molecule has 0 atom stereocenters. The fourth-order valence-corrected chi connectivity index (χ4v) is 5.91. The largest absolute Gasteiger partial charge is 0.446 e. The SMILES string of the molecule is CN1CCN(Cc2ccc3c(c2)c(=O)n([C@H]2CC[C@H](OC(N)=O)CC2)c2nc(NCC4CC4)ncc32)CC1. The first kappa shape index (κ1) is 25.1. The van der Waals surface area contributed by atoms with Gasteiger partial charge in [0.1, 0.15) is 11.8 Å². The summed E-state index contributed by atoms with van der Waals surface area (Å²) < 4.78 is 7.12. The highest BCUT2D eigenvalue weighted by Crippen LogP contribution is 2.33. The van der Waals surface area contributed by atoms with Crippen LogP contribution in [0.4, 0.5) is 10.7 Å². The average Bonchev–Trinajstić information content (AvgIpc) is 3.74. The van der Waals surface area contributed by atoms with Gasteiger partial charge in [-0.05, 0) is 68.5 Å². The average molecular weight is 520 g/mol. The molecular formula is C28H37N7O3. The zero-order chi connectivity index (χ0) is 26.2. The lowest BCUT2D eigenvalue weighted by Gasteiger charge is -2.32. The first-order valence-corrected chi connectivity index (χ1v) is 13.9. The fraction of sp³-hybridized carbons (Fsp3) is 0.571. The number of nitrogens with zero attached hydrogens (tertiary/aromatic N) is 5. The van der Waals surface area contributed by atoms with Gasteiger partial charge in [-0.3, -0.25) is 14.3 Å². The molecule has 202 valence electrons. The Labute approximate surface area is 222 Å². The Bertz CT molecular complexity index is 1390. The topological polar surface area (TPSA) is 119 Å². The van der Waals surface area contributed by atoms with Crippen LogP contribution in [-0.4, -0.2) is 76.3 Å². The summed E-state index contributed by atoms with van der Waals surface area (Å²) in [7, 11) is 2.16. The van der Waals surface area contributed by atoms with E-state index in [-0.39, 0.29) is 17.7 Å². The number of amides is 1. The van der Waals surface area contributed by atoms with Gasteiger partial charge in [-0.2, -0.15) is 4.98 Å². The highest BCUT2D eigenvalue weighted by Gasteiger charge is 2.28. The van der Waals surface area contributed by atoms with Gasteiger partial charge in [0.2, 0.25) is 5.95 Å². The summed E-state index contributed by atoms with van der Waals surface area (Å²) in [6.07, 6.45) is 6.16. The van der Waals surface area contributed by atoms with E-state index < -0.39 is 6.09 Å². The van der Waals surface area contributed by atoms with E-state index in [0.29, 0.717) is 48.6 Å². The first-order chi connectivity index (χ1) is 18.4. The third kappa shape index (κ3) is 5.33. The maximum atomic E-state index is 14.1. The van der Waals surface area contributed by atoms with Crippen LogP contribution in [0.2, 0.25) is 0 Å². The summed E-state index contributed by atoms with van der Waals surface area (Å²) in [5.74, 6) is 1.25. The number of ether oxygens (including phenoxy) is 1. The van der Waals surface area contributed by atoms with Crippen molar-refractivity contribution in [2.45, 2.75) is 57.2 Å². The first-order valence-electron chi connectivity index (χ1n) is 13.9. The van der Waals surface area contributed by atoms with Crippen molar-refractivity contribution in [1.29, 1.82) is 0 Å². The molecule has 10 nitrogen and oxygen atoms in total. The number of pyridine rings is 1. The quantitative estimate of drug-likeness (QED) is 0.457. The van der Waals surface area contributed by atoms with Gasteiger partial charge in [0, 0.05) is 62.3 Å². The molecule has 1 amide bonds. The number of likely N-dealkylation sites (N-methyl/N-ethyl adjacent to an activating group) is 1. The monoisotopic (exact) mass is 519 g/mol. The maximum Gasteiger partial charge on any atom is 0.404 e. The van der Waals surface area contributed by atoms with Crippen LogP contribution in [0, 0.1) is 5.92 Å². The van der Waals surface area contributed by atoms with Gasteiger partial charge in [0.05, 0.1) is 0 Å². The van der Waals surface area contributed by atoms with Crippen LogP contribution in [0.1, 0.15) is 50.1 Å². The Hall–Kier alpha value is -3.24. The zero-order valence-corrected chi connectivity index (χ0v) is 22.1. The van der Waals surface area contributed by atoms with Crippen molar-refractivity contribution in [3.8, 4) is 0 Å². The molecule has 10 heteroatoms. The molecule has 1 aromatic carbocycles. The predicted octanol–water partition coefficient (Wildman–Crippen LogP) is 3.09. The van der Waals surface area contributed by atoms with Crippen LogP contribution in [-0.2, 0) is 11.3 Å². The summed E-state index contributed by atoms with van der Waals surface area (Å²) in [5.41, 5.74) is 7.04. The standard InChI is InChI=1S/C28H37N7O3/c1-33-10-12-34(13-11-33)17-19-4-9-22-23(14-19)26(36)35(20-5-7-21(8-6-20)38-27(29)37)25-24(22)16-31-28(32-25)30-15-18-2-3-18/h4,9,14,16,18,20-21H,2-3,5-8,10-13,15,17H2,1H3,(H2,29,37)(H,30,31,32)/t20-,21-. The number of hydrogen-bond acceptors (Lipinski definition) is 8. The van der Waals surface area contributed by atoms with E-state index in [2.05, 4.69) is 45.3 Å². The Balaban J connectivity index is 1.38. The van der Waals surface area contributed by atoms with Crippen LogP contribution in [0.5, 0.6) is 0 Å². The molecule has 2 aliphatic carbocycles. The molecule has 2 aromatic heterocycles. The molecule has 38 heavy (non-hydrogen) atoms. The van der Waals surface area contributed by atoms with Gasteiger partial charge in [0.25, 0.3) is 5.56 Å². The second kappa shape index (κ2) is 10.5. The Morgan fingerprint density at radius 3 is 2.53 bits per heavy atom. The van der Waals surface area contributed by atoms with Crippen LogP contribution in [0.25, 0.3) is 21.8 Å². The molecule has 0 unspecified atom stereocenters. The van der Waals surface area contributed by atoms with Crippen molar-refractivity contribution in [2.75, 3.05) is 45.1 Å². The van der Waals surface area contributed by atoms with Gasteiger partial charge in [0.15, 0.2) is 0 Å². The molecule has 3 heterocycles. The number of aromatic nitrogens is 3. The van der Waals surface area contributed by atoms with E-state index in [4.69, 9.17) is 15.5 Å². The van der Waals surface area contributed by atoms with E-state index in [1.54, 1.807) is 0 Å². The zero-order valence-electron chi connectivity index (χ0n) is 22.1. The number of primary amides is 1. The Morgan fingerprint density at radius 2 is 1.82 bits per heavy atom. The summed E-state index contributed by atoms with van der Waals surface area (Å²) in [4.78, 5) is 39.7. The summed E-state index contributed by atoms with van der Waals surface area (Å²) >= 11 is 0.